The van der Waals surface area contributed by atoms with Crippen molar-refractivity contribution in [2.75, 3.05) is 38.3 Å². The van der Waals surface area contributed by atoms with Gasteiger partial charge in [0.25, 0.3) is 0 Å². The van der Waals surface area contributed by atoms with E-state index in [4.69, 9.17) is 14.2 Å². The molecule has 0 aliphatic carbocycles. The Labute approximate surface area is 191 Å². The molecule has 1 aliphatic heterocycles. The first-order chi connectivity index (χ1) is 15.2. The summed E-state index contributed by atoms with van der Waals surface area (Å²) < 4.78 is 17.8. The van der Waals surface area contributed by atoms with Crippen LogP contribution in [0.25, 0.3) is 0 Å². The molecule has 1 aliphatic rings. The highest BCUT2D eigenvalue weighted by atomic mass is 79.9. The number of ether oxygens (including phenoxy) is 3. The van der Waals surface area contributed by atoms with Crippen LogP contribution in [0.1, 0.15) is 11.1 Å². The lowest BCUT2D eigenvalue weighted by Crippen LogP contribution is -2.36. The van der Waals surface area contributed by atoms with Crippen molar-refractivity contribution in [1.29, 1.82) is 0 Å². The van der Waals surface area contributed by atoms with Crippen LogP contribution >= 0.6 is 15.9 Å². The van der Waals surface area contributed by atoms with E-state index in [1.54, 1.807) is 7.11 Å². The van der Waals surface area contributed by atoms with Crippen LogP contribution < -0.4 is 14.4 Å². The van der Waals surface area contributed by atoms with E-state index >= 15 is 0 Å². The molecule has 3 aromatic carbocycles. The summed E-state index contributed by atoms with van der Waals surface area (Å²) in [4.78, 5) is 6.94. The van der Waals surface area contributed by atoms with Gasteiger partial charge in [-0.15, -0.1) is 0 Å². The lowest BCUT2D eigenvalue weighted by Gasteiger charge is -2.28. The second-order valence-electron chi connectivity index (χ2n) is 7.18. The smallest absolute Gasteiger partial charge is 0.175 e. The number of halogens is 1. The fourth-order valence-corrected chi connectivity index (χ4v) is 3.98. The normalized spacial score (nSPS) is 14.1. The third-order valence-corrected chi connectivity index (χ3v) is 5.66. The molecule has 0 N–H and O–H groups in total. The summed E-state index contributed by atoms with van der Waals surface area (Å²) in [5.41, 5.74) is 4.12. The summed E-state index contributed by atoms with van der Waals surface area (Å²) in [6.07, 6.45) is 1.83. The molecular weight excluding hydrogens is 456 g/mol. The van der Waals surface area contributed by atoms with Gasteiger partial charge in [0.1, 0.15) is 6.61 Å². The van der Waals surface area contributed by atoms with Gasteiger partial charge in [-0.25, -0.2) is 0 Å². The predicted octanol–water partition coefficient (Wildman–Crippen LogP) is 5.62. The summed E-state index contributed by atoms with van der Waals surface area (Å²) in [7, 11) is 1.64. The number of hydrogen-bond acceptors (Lipinski definition) is 5. The third kappa shape index (κ3) is 5.66. The molecule has 0 aromatic heterocycles. The van der Waals surface area contributed by atoms with E-state index in [1.807, 2.05) is 60.8 Å². The average molecular weight is 481 g/mol. The molecule has 0 saturated carbocycles. The van der Waals surface area contributed by atoms with Crippen molar-refractivity contribution in [3.63, 3.8) is 0 Å². The first kappa shape index (κ1) is 21.4. The van der Waals surface area contributed by atoms with Crippen LogP contribution in [0.4, 0.5) is 11.4 Å². The molecule has 5 nitrogen and oxygen atoms in total. The zero-order chi connectivity index (χ0) is 21.5. The molecule has 0 bridgehead atoms. The number of anilines is 1. The van der Waals surface area contributed by atoms with Gasteiger partial charge in [0.2, 0.25) is 0 Å². The lowest BCUT2D eigenvalue weighted by molar-refractivity contribution is 0.122. The summed E-state index contributed by atoms with van der Waals surface area (Å²) in [6.45, 7) is 3.88. The molecule has 1 saturated heterocycles. The van der Waals surface area contributed by atoms with Gasteiger partial charge >= 0.3 is 0 Å². The van der Waals surface area contributed by atoms with Gasteiger partial charge in [-0.1, -0.05) is 30.3 Å². The van der Waals surface area contributed by atoms with Crippen LogP contribution in [0.15, 0.2) is 76.2 Å². The van der Waals surface area contributed by atoms with E-state index in [9.17, 15) is 0 Å². The minimum atomic E-state index is 0.471. The number of rotatable bonds is 7. The zero-order valence-corrected chi connectivity index (χ0v) is 19.0. The molecule has 0 unspecified atom stereocenters. The number of aliphatic imine (C=N–C) groups is 1. The molecule has 0 spiro atoms. The molecule has 160 valence electrons. The topological polar surface area (TPSA) is 43.3 Å². The van der Waals surface area contributed by atoms with Crippen molar-refractivity contribution in [2.24, 2.45) is 4.99 Å². The Bertz CT molecular complexity index is 1020. The van der Waals surface area contributed by atoms with Crippen molar-refractivity contribution in [3.8, 4) is 11.5 Å². The van der Waals surface area contributed by atoms with Crippen LogP contribution in [-0.2, 0) is 11.3 Å². The van der Waals surface area contributed by atoms with Crippen LogP contribution in [-0.4, -0.2) is 39.6 Å². The number of morpholine rings is 1. The third-order valence-electron chi connectivity index (χ3n) is 5.07. The van der Waals surface area contributed by atoms with E-state index in [0.717, 1.165) is 47.6 Å². The molecule has 6 heteroatoms. The predicted molar refractivity (Wildman–Crippen MR) is 128 cm³/mol. The lowest BCUT2D eigenvalue weighted by atomic mass is 10.2. The summed E-state index contributed by atoms with van der Waals surface area (Å²) in [5.74, 6) is 1.34. The van der Waals surface area contributed by atoms with E-state index in [1.165, 1.54) is 5.69 Å². The molecule has 31 heavy (non-hydrogen) atoms. The van der Waals surface area contributed by atoms with Gasteiger partial charge in [0.15, 0.2) is 11.5 Å². The van der Waals surface area contributed by atoms with E-state index in [-0.39, 0.29) is 0 Å². The number of methoxy groups -OCH3 is 1. The molecule has 1 fully saturated rings. The number of benzene rings is 3. The molecule has 0 radical (unpaired) electrons. The maximum absolute atomic E-state index is 6.00. The molecule has 3 aromatic rings. The van der Waals surface area contributed by atoms with Crippen molar-refractivity contribution >= 4 is 33.5 Å². The van der Waals surface area contributed by atoms with Crippen molar-refractivity contribution in [1.82, 2.24) is 0 Å². The largest absolute Gasteiger partial charge is 0.493 e. The Hall–Kier alpha value is -2.83. The fourth-order valence-electron chi connectivity index (χ4n) is 3.40. The molecule has 0 amide bonds. The Morgan fingerprint density at radius 2 is 1.77 bits per heavy atom. The van der Waals surface area contributed by atoms with Crippen molar-refractivity contribution in [3.05, 3.63) is 82.3 Å². The van der Waals surface area contributed by atoms with E-state index in [2.05, 4.69) is 38.0 Å². The second-order valence-corrected chi connectivity index (χ2v) is 8.04. The van der Waals surface area contributed by atoms with Gasteiger partial charge in [-0.3, -0.25) is 4.99 Å². The van der Waals surface area contributed by atoms with Gasteiger partial charge in [0, 0.05) is 25.0 Å². The highest BCUT2D eigenvalue weighted by molar-refractivity contribution is 9.10. The first-order valence-corrected chi connectivity index (χ1v) is 11.0. The Morgan fingerprint density at radius 1 is 1.03 bits per heavy atom. The summed E-state index contributed by atoms with van der Waals surface area (Å²) in [5, 5.41) is 0. The summed E-state index contributed by atoms with van der Waals surface area (Å²) in [6, 6.07) is 22.2. The maximum Gasteiger partial charge on any atom is 0.175 e. The maximum atomic E-state index is 6.00. The van der Waals surface area contributed by atoms with Crippen molar-refractivity contribution < 1.29 is 14.2 Å². The number of nitrogens with zero attached hydrogens (tertiary/aromatic N) is 2. The second kappa shape index (κ2) is 10.5. The highest BCUT2D eigenvalue weighted by Gasteiger charge is 2.12. The Balaban J connectivity index is 1.45. The molecule has 1 heterocycles. The number of hydrogen-bond donors (Lipinski definition) is 0. The van der Waals surface area contributed by atoms with Gasteiger partial charge in [-0.2, -0.15) is 0 Å². The average Bonchev–Trinajstić information content (AvgIpc) is 2.83. The van der Waals surface area contributed by atoms with Gasteiger partial charge < -0.3 is 19.1 Å². The van der Waals surface area contributed by atoms with Gasteiger partial charge in [-0.05, 0) is 63.5 Å². The summed E-state index contributed by atoms with van der Waals surface area (Å²) >= 11 is 3.61. The van der Waals surface area contributed by atoms with Crippen LogP contribution in [0, 0.1) is 0 Å². The standard InChI is InChI=1S/C25H25BrN2O3/c1-29-24-16-20(15-23(26)25(24)31-18-19-5-3-2-4-6-19)17-27-21-7-9-22(10-8-21)28-11-13-30-14-12-28/h2-10,15-17H,11-14,18H2,1H3. The first-order valence-electron chi connectivity index (χ1n) is 10.2. The SMILES string of the molecule is COc1cc(C=Nc2ccc(N3CCOCC3)cc2)cc(Br)c1OCc1ccccc1. The minimum Gasteiger partial charge on any atom is -0.493 e. The van der Waals surface area contributed by atoms with E-state index in [0.29, 0.717) is 18.1 Å². The van der Waals surface area contributed by atoms with E-state index < -0.39 is 0 Å². The minimum absolute atomic E-state index is 0.471. The quantitative estimate of drug-likeness (QED) is 0.411. The Morgan fingerprint density at radius 3 is 2.48 bits per heavy atom. The van der Waals surface area contributed by atoms with Gasteiger partial charge in [0.05, 0.1) is 30.5 Å². The van der Waals surface area contributed by atoms with Crippen LogP contribution in [0.2, 0.25) is 0 Å². The molecule has 4 rings (SSSR count). The van der Waals surface area contributed by atoms with Crippen molar-refractivity contribution in [2.45, 2.75) is 6.61 Å². The molecular formula is C25H25BrN2O3. The Kier molecular flexibility index (Phi) is 7.22. The highest BCUT2D eigenvalue weighted by Crippen LogP contribution is 2.37. The monoisotopic (exact) mass is 480 g/mol. The zero-order valence-electron chi connectivity index (χ0n) is 17.5. The fraction of sp³-hybridized carbons (Fsp3) is 0.240. The molecule has 0 atom stereocenters. The van der Waals surface area contributed by atoms with Crippen LogP contribution in [0.5, 0.6) is 11.5 Å². The van der Waals surface area contributed by atoms with Crippen LogP contribution in [0.3, 0.4) is 0 Å².